The van der Waals surface area contributed by atoms with Gasteiger partial charge in [-0.3, -0.25) is 0 Å². The number of rotatable bonds is 2. The van der Waals surface area contributed by atoms with Crippen molar-refractivity contribution in [2.24, 2.45) is 0 Å². The number of hydrogen-bond acceptors (Lipinski definition) is 2. The molecule has 10 heteroatoms. The van der Waals surface area contributed by atoms with Gasteiger partial charge in [-0.2, -0.15) is 0 Å². The summed E-state index contributed by atoms with van der Waals surface area (Å²) in [4.78, 5) is 0. The SMILES string of the molecule is Cc1cccc(Oc2cc(F)cc(F)c2)c1.F[B-](F)(F)F.N#[NH+]. The normalized spacial score (nSPS) is 9.78. The molecule has 2 aromatic carbocycles. The average molecular weight is 336 g/mol. The van der Waals surface area contributed by atoms with E-state index in [2.05, 4.69) is 0 Å². The second-order valence-electron chi connectivity index (χ2n) is 4.02. The molecule has 0 aliphatic carbocycles. The maximum atomic E-state index is 12.9. The number of aryl methyl sites for hydroxylation is 1. The molecule has 0 aliphatic heterocycles. The molecule has 0 unspecified atom stereocenters. The van der Waals surface area contributed by atoms with Crippen LogP contribution in [0.5, 0.6) is 11.5 Å². The van der Waals surface area contributed by atoms with E-state index in [9.17, 15) is 26.0 Å². The zero-order valence-corrected chi connectivity index (χ0v) is 11.7. The molecule has 3 nitrogen and oxygen atoms in total. The quantitative estimate of drug-likeness (QED) is 0.517. The molecule has 2 aromatic rings. The second-order valence-corrected chi connectivity index (χ2v) is 4.02. The van der Waals surface area contributed by atoms with E-state index in [1.807, 2.05) is 19.1 Å². The molecule has 23 heavy (non-hydrogen) atoms. The van der Waals surface area contributed by atoms with Crippen LogP contribution in [-0.4, -0.2) is 7.25 Å². The van der Waals surface area contributed by atoms with E-state index in [-0.39, 0.29) is 5.75 Å². The van der Waals surface area contributed by atoms with Gasteiger partial charge in [0.05, 0.1) is 5.39 Å². The van der Waals surface area contributed by atoms with Gasteiger partial charge in [-0.1, -0.05) is 12.1 Å². The minimum Gasteiger partial charge on any atom is -0.457 e. The lowest BCUT2D eigenvalue weighted by atomic mass is 10.2. The van der Waals surface area contributed by atoms with Gasteiger partial charge < -0.3 is 22.0 Å². The third kappa shape index (κ3) is 10.6. The van der Waals surface area contributed by atoms with Crippen molar-refractivity contribution in [2.45, 2.75) is 6.92 Å². The Morgan fingerprint density at radius 3 is 1.78 bits per heavy atom. The summed E-state index contributed by atoms with van der Waals surface area (Å²) in [6.45, 7) is 1.92. The molecule has 0 amide bonds. The number of nitrogens with zero attached hydrogens (tertiary/aromatic N) is 1. The highest BCUT2D eigenvalue weighted by Gasteiger charge is 2.20. The number of halogens is 6. The van der Waals surface area contributed by atoms with Gasteiger partial charge in [-0.15, -0.1) is 0 Å². The summed E-state index contributed by atoms with van der Waals surface area (Å²) < 4.78 is 70.1. The van der Waals surface area contributed by atoms with E-state index in [1.165, 1.54) is 0 Å². The number of nitrogens with one attached hydrogen (secondary N) is 1. The van der Waals surface area contributed by atoms with Crippen LogP contribution in [0, 0.1) is 24.0 Å². The van der Waals surface area contributed by atoms with E-state index in [1.54, 1.807) is 12.1 Å². The van der Waals surface area contributed by atoms with Gasteiger partial charge in [-0.25, -0.2) is 8.78 Å². The minimum atomic E-state index is -6.00. The first-order valence-corrected chi connectivity index (χ1v) is 5.94. The van der Waals surface area contributed by atoms with Crippen LogP contribution in [0.15, 0.2) is 42.5 Å². The summed E-state index contributed by atoms with van der Waals surface area (Å²) >= 11 is 0. The number of benzene rings is 2. The molecule has 0 radical (unpaired) electrons. The van der Waals surface area contributed by atoms with E-state index >= 15 is 0 Å². The Labute approximate surface area is 128 Å². The zero-order chi connectivity index (χ0) is 18.0. The van der Waals surface area contributed by atoms with Crippen molar-refractivity contribution in [3.05, 3.63) is 59.7 Å². The number of hydrogen-bond donors (Lipinski definition) is 1. The van der Waals surface area contributed by atoms with Crippen molar-refractivity contribution in [2.75, 3.05) is 0 Å². The molecule has 0 atom stereocenters. The lowest BCUT2D eigenvalue weighted by molar-refractivity contribution is -0.175. The van der Waals surface area contributed by atoms with Gasteiger partial charge in [-0.05, 0) is 24.6 Å². The first kappa shape index (κ1) is 20.3. The van der Waals surface area contributed by atoms with Crippen molar-refractivity contribution >= 4 is 7.25 Å². The van der Waals surface area contributed by atoms with E-state index in [4.69, 9.17) is 15.5 Å². The highest BCUT2D eigenvalue weighted by molar-refractivity contribution is 6.50. The molecule has 0 heterocycles. The zero-order valence-electron chi connectivity index (χ0n) is 11.7. The molecule has 0 saturated carbocycles. The number of diazo groups is 1. The maximum absolute atomic E-state index is 12.9. The summed E-state index contributed by atoms with van der Waals surface area (Å²) in [6, 6.07) is 10.4. The molecule has 1 N–H and O–H groups in total. The van der Waals surface area contributed by atoms with Gasteiger partial charge in [0, 0.05) is 18.2 Å². The van der Waals surface area contributed by atoms with Crippen LogP contribution in [-0.2, 0) is 0 Å². The van der Waals surface area contributed by atoms with Gasteiger partial charge in [0.2, 0.25) is 5.39 Å². The van der Waals surface area contributed by atoms with Crippen LogP contribution >= 0.6 is 0 Å². The largest absolute Gasteiger partial charge is 0.673 e. The van der Waals surface area contributed by atoms with Crippen molar-refractivity contribution < 1.29 is 36.2 Å². The molecular weight excluding hydrogens is 325 g/mol. The molecule has 0 aromatic heterocycles. The van der Waals surface area contributed by atoms with Crippen LogP contribution < -0.4 is 10.1 Å². The van der Waals surface area contributed by atoms with Crippen LogP contribution in [0.4, 0.5) is 26.0 Å². The lowest BCUT2D eigenvalue weighted by Gasteiger charge is -2.06. The summed E-state index contributed by atoms with van der Waals surface area (Å²) in [5, 5.41) is 11.0. The Bertz CT molecular complexity index is 622. The Hall–Kier alpha value is -2.70. The smallest absolute Gasteiger partial charge is 0.457 e. The molecule has 0 fully saturated rings. The highest BCUT2D eigenvalue weighted by Crippen LogP contribution is 2.23. The van der Waals surface area contributed by atoms with Crippen molar-refractivity contribution in [3.63, 3.8) is 0 Å². The molecular formula is C13H11BF6N2O. The van der Waals surface area contributed by atoms with Gasteiger partial charge >= 0.3 is 7.25 Å². The Balaban J connectivity index is 0.000000594. The highest BCUT2D eigenvalue weighted by atomic mass is 19.5. The fourth-order valence-electron chi connectivity index (χ4n) is 1.40. The Morgan fingerprint density at radius 1 is 0.870 bits per heavy atom. The third-order valence-electron chi connectivity index (χ3n) is 2.06. The predicted octanol–water partition coefficient (Wildman–Crippen LogP) is 3.64. The second kappa shape index (κ2) is 9.35. The van der Waals surface area contributed by atoms with Gasteiger partial charge in [0.1, 0.15) is 23.1 Å². The molecule has 0 bridgehead atoms. The summed E-state index contributed by atoms with van der Waals surface area (Å²) in [7, 11) is -6.00. The Morgan fingerprint density at radius 2 is 1.35 bits per heavy atom. The molecule has 0 spiro atoms. The minimum absolute atomic E-state index is 0.156. The van der Waals surface area contributed by atoms with E-state index < -0.39 is 18.9 Å². The average Bonchev–Trinajstić information content (AvgIpc) is 2.37. The standard InChI is InChI=1S/C13H10F2O.BF4.N2/c1-9-3-2-4-12(5-9)16-13-7-10(14)6-11(15)8-13;2-1(3,4)5;1-2/h2-8H,1H3;;/q;-1;/p+1. The summed E-state index contributed by atoms with van der Waals surface area (Å²) in [5.41, 5.74) is 1.02. The van der Waals surface area contributed by atoms with Crippen LogP contribution in [0.3, 0.4) is 0 Å². The number of ether oxygens (including phenoxy) is 1. The predicted molar refractivity (Wildman–Crippen MR) is 70.5 cm³/mol. The molecule has 0 aliphatic rings. The fraction of sp³-hybridized carbons (Fsp3) is 0.0769. The van der Waals surface area contributed by atoms with Crippen molar-refractivity contribution in [1.29, 1.82) is 5.39 Å². The maximum Gasteiger partial charge on any atom is 0.673 e. The summed E-state index contributed by atoms with van der Waals surface area (Å²) in [5.74, 6) is -0.585. The first-order valence-electron chi connectivity index (χ1n) is 5.94. The first-order chi connectivity index (χ1) is 10.6. The summed E-state index contributed by atoms with van der Waals surface area (Å²) in [6.07, 6.45) is 0. The van der Waals surface area contributed by atoms with Crippen LogP contribution in [0.2, 0.25) is 0 Å². The van der Waals surface area contributed by atoms with Crippen molar-refractivity contribution in [1.82, 2.24) is 0 Å². The van der Waals surface area contributed by atoms with Crippen LogP contribution in [0.1, 0.15) is 5.56 Å². The fourth-order valence-corrected chi connectivity index (χ4v) is 1.40. The van der Waals surface area contributed by atoms with E-state index in [0.717, 1.165) is 23.8 Å². The van der Waals surface area contributed by atoms with Gasteiger partial charge in [0.15, 0.2) is 0 Å². The lowest BCUT2D eigenvalue weighted by Crippen LogP contribution is -2.11. The molecule has 0 saturated heterocycles. The van der Waals surface area contributed by atoms with Crippen molar-refractivity contribution in [3.8, 4) is 11.5 Å². The molecule has 2 rings (SSSR count). The van der Waals surface area contributed by atoms with Crippen LogP contribution in [0.25, 0.3) is 0 Å². The molecule has 124 valence electrons. The third-order valence-corrected chi connectivity index (χ3v) is 2.06. The van der Waals surface area contributed by atoms with E-state index in [0.29, 0.717) is 5.75 Å². The topological polar surface area (TPSA) is 56.8 Å². The van der Waals surface area contributed by atoms with Gasteiger partial charge in [0.25, 0.3) is 0 Å². The monoisotopic (exact) mass is 336 g/mol. The Kier molecular flexibility index (Phi) is 8.25.